The van der Waals surface area contributed by atoms with Crippen molar-refractivity contribution >= 4 is 12.4 Å². The fraction of sp³-hybridized carbons (Fsp3) is 0.500. The molecule has 0 aromatic rings. The van der Waals surface area contributed by atoms with Gasteiger partial charge >= 0.3 is 0 Å². The first-order valence-electron chi connectivity index (χ1n) is 4.12. The smallest absolute Gasteiger partial charge is 0.295 e. The summed E-state index contributed by atoms with van der Waals surface area (Å²) < 4.78 is 4.28. The molecule has 0 aromatic carbocycles. The molecule has 0 bridgehead atoms. The van der Waals surface area contributed by atoms with Gasteiger partial charge in [-0.2, -0.15) is 0 Å². The Morgan fingerprint density at radius 1 is 1.53 bits per heavy atom. The monoisotopic (exact) mass is 218 g/mol. The van der Waals surface area contributed by atoms with E-state index in [9.17, 15) is 9.59 Å². The molecule has 0 radical (unpaired) electrons. The molecule has 0 saturated carbocycles. The van der Waals surface area contributed by atoms with Gasteiger partial charge in [-0.3, -0.25) is 19.9 Å². The molecular weight excluding hydrogens is 204 g/mol. The van der Waals surface area contributed by atoms with Crippen LogP contribution in [0.3, 0.4) is 0 Å². The van der Waals surface area contributed by atoms with Crippen LogP contribution >= 0.6 is 0 Å². The maximum atomic E-state index is 10.6. The first kappa shape index (κ1) is 13.4. The molecule has 7 heteroatoms. The Morgan fingerprint density at radius 3 is 2.73 bits per heavy atom. The highest BCUT2D eigenvalue weighted by molar-refractivity contribution is 5.71. The quantitative estimate of drug-likeness (QED) is 0.208. The summed E-state index contributed by atoms with van der Waals surface area (Å²) in [6.45, 7) is 1.37. The van der Waals surface area contributed by atoms with Gasteiger partial charge in [-0.05, 0) is 6.08 Å². The Hall–Kier alpha value is -1.60. The summed E-state index contributed by atoms with van der Waals surface area (Å²) in [5.41, 5.74) is 0. The lowest BCUT2D eigenvalue weighted by molar-refractivity contribution is -0.185. The average molecular weight is 218 g/mol. The van der Waals surface area contributed by atoms with Crippen molar-refractivity contribution in [3.8, 4) is 0 Å². The number of hydrogen-bond acceptors (Lipinski definition) is 6. The second kappa shape index (κ2) is 7.77. The van der Waals surface area contributed by atoms with Crippen molar-refractivity contribution in [2.75, 3.05) is 20.4 Å². The van der Waals surface area contributed by atoms with Crippen LogP contribution in [0.2, 0.25) is 0 Å². The lowest BCUT2D eigenvalue weighted by Crippen LogP contribution is -2.25. The molecule has 1 N–H and O–H groups in total. The predicted octanol–water partition coefficient (Wildman–Crippen LogP) is -0.268. The maximum absolute atomic E-state index is 10.6. The maximum Gasteiger partial charge on any atom is 0.295 e. The summed E-state index contributed by atoms with van der Waals surface area (Å²) in [6, 6.07) is 0. The predicted molar refractivity (Wildman–Crippen MR) is 49.2 cm³/mol. The standard InChI is InChI=1S/C8H14N2O5/c1-8(12)10(13)5-3-4-9(2)15-7-14-6-11/h3-4,6,13H,5,7H2,1-2H3/b4-3+. The number of rotatable bonds is 7. The van der Waals surface area contributed by atoms with Crippen LogP contribution in [0.4, 0.5) is 0 Å². The zero-order valence-corrected chi connectivity index (χ0v) is 8.62. The average Bonchev–Trinajstić information content (AvgIpc) is 2.18. The van der Waals surface area contributed by atoms with Gasteiger partial charge in [0.2, 0.25) is 12.7 Å². The van der Waals surface area contributed by atoms with Gasteiger partial charge in [0, 0.05) is 20.2 Å². The molecule has 0 aliphatic heterocycles. The van der Waals surface area contributed by atoms with Gasteiger partial charge in [0.1, 0.15) is 0 Å². The van der Waals surface area contributed by atoms with E-state index in [0.29, 0.717) is 5.06 Å². The third-order valence-electron chi connectivity index (χ3n) is 1.35. The zero-order chi connectivity index (χ0) is 11.7. The molecule has 86 valence electrons. The number of hydroxylamine groups is 4. The van der Waals surface area contributed by atoms with Gasteiger partial charge in [-0.15, -0.1) is 0 Å². The molecule has 0 spiro atoms. The summed E-state index contributed by atoms with van der Waals surface area (Å²) in [7, 11) is 1.57. The highest BCUT2D eigenvalue weighted by atomic mass is 16.8. The minimum atomic E-state index is -0.451. The van der Waals surface area contributed by atoms with Gasteiger partial charge in [-0.25, -0.2) is 9.90 Å². The topological polar surface area (TPSA) is 79.3 Å². The van der Waals surface area contributed by atoms with Gasteiger partial charge in [0.25, 0.3) is 6.47 Å². The van der Waals surface area contributed by atoms with Crippen molar-refractivity contribution in [3.63, 3.8) is 0 Å². The van der Waals surface area contributed by atoms with Crippen LogP contribution < -0.4 is 0 Å². The van der Waals surface area contributed by atoms with Crippen LogP contribution in [0.5, 0.6) is 0 Å². The van der Waals surface area contributed by atoms with Crippen molar-refractivity contribution in [2.24, 2.45) is 0 Å². The highest BCUT2D eigenvalue weighted by Crippen LogP contribution is 1.89. The largest absolute Gasteiger partial charge is 0.438 e. The molecule has 0 aliphatic carbocycles. The molecule has 0 heterocycles. The molecule has 0 fully saturated rings. The Balaban J connectivity index is 3.66. The number of nitrogens with zero attached hydrogens (tertiary/aromatic N) is 2. The Bertz CT molecular complexity index is 231. The van der Waals surface area contributed by atoms with Gasteiger partial charge in [0.05, 0.1) is 6.54 Å². The minimum absolute atomic E-state index is 0.0531. The molecule has 0 aromatic heterocycles. The number of hydrogen-bond donors (Lipinski definition) is 1. The molecule has 0 unspecified atom stereocenters. The van der Waals surface area contributed by atoms with E-state index in [1.165, 1.54) is 24.3 Å². The van der Waals surface area contributed by atoms with E-state index >= 15 is 0 Å². The van der Waals surface area contributed by atoms with Crippen LogP contribution in [0.1, 0.15) is 6.92 Å². The molecule has 7 nitrogen and oxygen atoms in total. The molecule has 0 rings (SSSR count). The Morgan fingerprint density at radius 2 is 2.20 bits per heavy atom. The van der Waals surface area contributed by atoms with E-state index < -0.39 is 5.91 Å². The van der Waals surface area contributed by atoms with E-state index in [1.807, 2.05) is 0 Å². The number of amides is 1. The van der Waals surface area contributed by atoms with Crippen LogP contribution in [-0.4, -0.2) is 48.1 Å². The van der Waals surface area contributed by atoms with E-state index in [-0.39, 0.29) is 19.8 Å². The summed E-state index contributed by atoms with van der Waals surface area (Å²) in [6.07, 6.45) is 2.97. The summed E-state index contributed by atoms with van der Waals surface area (Å²) >= 11 is 0. The SMILES string of the molecule is CC(=O)N(O)C/C=C/N(C)OCOC=O. The number of ether oxygens (including phenoxy) is 1. The second-order valence-corrected chi connectivity index (χ2v) is 2.54. The Labute approximate surface area is 87.4 Å². The van der Waals surface area contributed by atoms with Gasteiger partial charge in [-0.1, -0.05) is 0 Å². The number of carbonyl (C=O) groups is 2. The van der Waals surface area contributed by atoms with E-state index in [0.717, 1.165) is 0 Å². The lowest BCUT2D eigenvalue weighted by atomic mass is 10.5. The van der Waals surface area contributed by atoms with Crippen molar-refractivity contribution < 1.29 is 24.4 Å². The van der Waals surface area contributed by atoms with Crippen molar-refractivity contribution in [3.05, 3.63) is 12.3 Å². The molecular formula is C8H14N2O5. The van der Waals surface area contributed by atoms with E-state index in [1.54, 1.807) is 7.05 Å². The molecule has 1 amide bonds. The summed E-state index contributed by atoms with van der Waals surface area (Å²) in [4.78, 5) is 25.2. The molecule has 15 heavy (non-hydrogen) atoms. The lowest BCUT2D eigenvalue weighted by Gasteiger charge is -2.13. The fourth-order valence-electron chi connectivity index (χ4n) is 0.608. The third-order valence-corrected chi connectivity index (χ3v) is 1.35. The van der Waals surface area contributed by atoms with Gasteiger partial charge in [0.15, 0.2) is 0 Å². The van der Waals surface area contributed by atoms with Crippen LogP contribution in [-0.2, 0) is 19.2 Å². The van der Waals surface area contributed by atoms with Crippen molar-refractivity contribution in [1.82, 2.24) is 10.1 Å². The van der Waals surface area contributed by atoms with Crippen LogP contribution in [0.15, 0.2) is 12.3 Å². The molecule has 0 saturated heterocycles. The van der Waals surface area contributed by atoms with Crippen molar-refractivity contribution in [2.45, 2.75) is 6.92 Å². The first-order valence-corrected chi connectivity index (χ1v) is 4.12. The minimum Gasteiger partial charge on any atom is -0.438 e. The fourth-order valence-corrected chi connectivity index (χ4v) is 0.608. The highest BCUT2D eigenvalue weighted by Gasteiger charge is 2.00. The van der Waals surface area contributed by atoms with Crippen LogP contribution in [0, 0.1) is 0 Å². The van der Waals surface area contributed by atoms with Crippen LogP contribution in [0.25, 0.3) is 0 Å². The zero-order valence-electron chi connectivity index (χ0n) is 8.62. The van der Waals surface area contributed by atoms with E-state index in [4.69, 9.17) is 10.0 Å². The number of carbonyl (C=O) groups excluding carboxylic acids is 2. The normalized spacial score (nSPS) is 10.1. The Kier molecular flexibility index (Phi) is 6.94. The van der Waals surface area contributed by atoms with Crippen molar-refractivity contribution in [1.29, 1.82) is 0 Å². The summed E-state index contributed by atoms with van der Waals surface area (Å²) in [5, 5.41) is 10.8. The first-order chi connectivity index (χ1) is 7.07. The second-order valence-electron chi connectivity index (χ2n) is 2.54. The molecule has 0 atom stereocenters. The molecule has 0 aliphatic rings. The summed E-state index contributed by atoms with van der Waals surface area (Å²) in [5.74, 6) is -0.451. The van der Waals surface area contributed by atoms with Gasteiger partial charge < -0.3 is 4.74 Å². The third kappa shape index (κ3) is 7.47. The van der Waals surface area contributed by atoms with E-state index in [2.05, 4.69) is 4.74 Å².